The summed E-state index contributed by atoms with van der Waals surface area (Å²) in [4.78, 5) is 2.61. The van der Waals surface area contributed by atoms with E-state index in [2.05, 4.69) is 18.7 Å². The van der Waals surface area contributed by atoms with E-state index in [1.165, 1.54) is 38.6 Å². The van der Waals surface area contributed by atoms with Crippen molar-refractivity contribution in [2.45, 2.75) is 64.1 Å². The van der Waals surface area contributed by atoms with E-state index >= 15 is 0 Å². The molecule has 2 aliphatic heterocycles. The van der Waals surface area contributed by atoms with Gasteiger partial charge in [0.15, 0.2) is 0 Å². The summed E-state index contributed by atoms with van der Waals surface area (Å²) in [6, 6.07) is 0.930. The molecule has 0 bridgehead atoms. The fourth-order valence-corrected chi connectivity index (χ4v) is 4.70. The Morgan fingerprint density at radius 3 is 2.63 bits per heavy atom. The topological polar surface area (TPSA) is 38.5 Å². The van der Waals surface area contributed by atoms with E-state index in [0.717, 1.165) is 25.0 Å². The van der Waals surface area contributed by atoms with Gasteiger partial charge >= 0.3 is 0 Å². The molecule has 0 aromatic carbocycles. The van der Waals surface area contributed by atoms with Crippen LogP contribution in [0, 0.1) is 17.8 Å². The van der Waals surface area contributed by atoms with Gasteiger partial charge in [-0.05, 0) is 56.4 Å². The van der Waals surface area contributed by atoms with Crippen LogP contribution in [0.5, 0.6) is 0 Å². The van der Waals surface area contributed by atoms with Crippen LogP contribution in [0.3, 0.4) is 0 Å². The van der Waals surface area contributed by atoms with Gasteiger partial charge in [-0.25, -0.2) is 0 Å². The van der Waals surface area contributed by atoms with Crippen molar-refractivity contribution in [2.24, 2.45) is 23.5 Å². The van der Waals surface area contributed by atoms with Gasteiger partial charge < -0.3 is 10.5 Å². The maximum atomic E-state index is 6.58. The smallest absolute Gasteiger partial charge is 0.0856 e. The number of morpholine rings is 1. The first-order valence-electron chi connectivity index (χ1n) is 8.24. The molecule has 0 amide bonds. The summed E-state index contributed by atoms with van der Waals surface area (Å²) >= 11 is 0. The summed E-state index contributed by atoms with van der Waals surface area (Å²) in [6.45, 7) is 8.01. The van der Waals surface area contributed by atoms with E-state index in [1.807, 2.05) is 0 Å². The van der Waals surface area contributed by atoms with Gasteiger partial charge in [0.1, 0.15) is 0 Å². The average Bonchev–Trinajstić information content (AvgIpc) is 2.83. The second-order valence-corrected chi connectivity index (χ2v) is 7.42. The predicted molar refractivity (Wildman–Crippen MR) is 78.0 cm³/mol. The summed E-state index contributed by atoms with van der Waals surface area (Å²) in [5.41, 5.74) is 6.58. The number of fused-ring (bicyclic) bond motifs is 1. The van der Waals surface area contributed by atoms with Gasteiger partial charge in [0, 0.05) is 18.6 Å². The number of hydrogen-bond acceptors (Lipinski definition) is 3. The Morgan fingerprint density at radius 2 is 1.89 bits per heavy atom. The highest BCUT2D eigenvalue weighted by atomic mass is 16.5. The lowest BCUT2D eigenvalue weighted by Crippen LogP contribution is -2.55. The standard InChI is InChI=1S/C16H30N2O/c1-11-6-12(2)8-13(7-11)16(17)15-9-18-5-3-4-14(18)10-19-15/h11-16H,3-10,17H2,1-2H3. The number of nitrogens with zero attached hydrogens (tertiary/aromatic N) is 1. The molecular formula is C16H30N2O. The average molecular weight is 266 g/mol. The number of hydrogen-bond donors (Lipinski definition) is 1. The molecule has 19 heavy (non-hydrogen) atoms. The molecule has 5 atom stereocenters. The van der Waals surface area contributed by atoms with Crippen LogP contribution >= 0.6 is 0 Å². The largest absolute Gasteiger partial charge is 0.374 e. The van der Waals surface area contributed by atoms with Gasteiger partial charge in [-0.3, -0.25) is 4.90 Å². The minimum atomic E-state index is 0.242. The van der Waals surface area contributed by atoms with Crippen molar-refractivity contribution in [3.05, 3.63) is 0 Å². The monoisotopic (exact) mass is 266 g/mol. The summed E-state index contributed by atoms with van der Waals surface area (Å²) in [5, 5.41) is 0. The third-order valence-corrected chi connectivity index (χ3v) is 5.60. The molecule has 1 saturated carbocycles. The van der Waals surface area contributed by atoms with Crippen molar-refractivity contribution in [3.8, 4) is 0 Å². The van der Waals surface area contributed by atoms with Crippen molar-refractivity contribution < 1.29 is 4.74 Å². The van der Waals surface area contributed by atoms with E-state index in [-0.39, 0.29) is 12.1 Å². The van der Waals surface area contributed by atoms with E-state index in [9.17, 15) is 0 Å². The molecule has 3 heteroatoms. The maximum Gasteiger partial charge on any atom is 0.0856 e. The molecule has 2 N–H and O–H groups in total. The minimum Gasteiger partial charge on any atom is -0.374 e. The first-order chi connectivity index (χ1) is 9.13. The fourth-order valence-electron chi connectivity index (χ4n) is 4.70. The Hall–Kier alpha value is -0.120. The Bertz CT molecular complexity index is 299. The highest BCUT2D eigenvalue weighted by molar-refractivity contribution is 4.93. The van der Waals surface area contributed by atoms with Crippen molar-refractivity contribution in [1.82, 2.24) is 4.90 Å². The molecule has 3 aliphatic rings. The highest BCUT2D eigenvalue weighted by Gasteiger charge is 2.38. The lowest BCUT2D eigenvalue weighted by molar-refractivity contribution is -0.0716. The van der Waals surface area contributed by atoms with Crippen LogP contribution in [-0.4, -0.2) is 42.8 Å². The van der Waals surface area contributed by atoms with Crippen LogP contribution in [0.15, 0.2) is 0 Å². The zero-order valence-corrected chi connectivity index (χ0v) is 12.6. The molecule has 2 saturated heterocycles. The minimum absolute atomic E-state index is 0.242. The van der Waals surface area contributed by atoms with Crippen LogP contribution in [0.1, 0.15) is 46.0 Å². The van der Waals surface area contributed by atoms with E-state index in [0.29, 0.717) is 12.0 Å². The SMILES string of the molecule is CC1CC(C)CC(C(N)C2CN3CCCC3CO2)C1. The van der Waals surface area contributed by atoms with Gasteiger partial charge in [-0.1, -0.05) is 13.8 Å². The maximum absolute atomic E-state index is 6.58. The van der Waals surface area contributed by atoms with Gasteiger partial charge in [-0.2, -0.15) is 0 Å². The zero-order chi connectivity index (χ0) is 13.4. The lowest BCUT2D eigenvalue weighted by atomic mass is 9.73. The molecule has 1 aliphatic carbocycles. The molecule has 5 unspecified atom stereocenters. The molecule has 3 nitrogen and oxygen atoms in total. The van der Waals surface area contributed by atoms with E-state index in [1.54, 1.807) is 0 Å². The van der Waals surface area contributed by atoms with Crippen molar-refractivity contribution in [1.29, 1.82) is 0 Å². The molecule has 0 aromatic rings. The molecular weight excluding hydrogens is 236 g/mol. The molecule has 0 aromatic heterocycles. The van der Waals surface area contributed by atoms with Gasteiger partial charge in [0.2, 0.25) is 0 Å². The lowest BCUT2D eigenvalue weighted by Gasteiger charge is -2.42. The highest BCUT2D eigenvalue weighted by Crippen LogP contribution is 2.36. The van der Waals surface area contributed by atoms with Gasteiger partial charge in [0.25, 0.3) is 0 Å². The Kier molecular flexibility index (Phi) is 4.16. The van der Waals surface area contributed by atoms with Crippen LogP contribution in [0.4, 0.5) is 0 Å². The predicted octanol–water partition coefficient (Wildman–Crippen LogP) is 2.25. The third kappa shape index (κ3) is 2.98. The van der Waals surface area contributed by atoms with Gasteiger partial charge in [-0.15, -0.1) is 0 Å². The first kappa shape index (κ1) is 13.8. The van der Waals surface area contributed by atoms with Crippen molar-refractivity contribution in [3.63, 3.8) is 0 Å². The number of ether oxygens (including phenoxy) is 1. The number of rotatable bonds is 2. The normalized spacial score (nSPS) is 45.9. The van der Waals surface area contributed by atoms with Crippen LogP contribution in [0.25, 0.3) is 0 Å². The summed E-state index contributed by atoms with van der Waals surface area (Å²) in [7, 11) is 0. The second-order valence-electron chi connectivity index (χ2n) is 7.42. The summed E-state index contributed by atoms with van der Waals surface area (Å²) < 4.78 is 6.11. The first-order valence-corrected chi connectivity index (χ1v) is 8.24. The molecule has 0 radical (unpaired) electrons. The molecule has 0 spiro atoms. The molecule has 2 heterocycles. The molecule has 3 fully saturated rings. The Balaban J connectivity index is 1.58. The van der Waals surface area contributed by atoms with Crippen molar-refractivity contribution >= 4 is 0 Å². The Labute approximate surface area is 117 Å². The quantitative estimate of drug-likeness (QED) is 0.833. The molecule has 3 rings (SSSR count). The Morgan fingerprint density at radius 1 is 1.16 bits per heavy atom. The third-order valence-electron chi connectivity index (χ3n) is 5.60. The summed E-state index contributed by atoms with van der Waals surface area (Å²) in [5.74, 6) is 2.34. The van der Waals surface area contributed by atoms with Crippen molar-refractivity contribution in [2.75, 3.05) is 19.7 Å². The van der Waals surface area contributed by atoms with Gasteiger partial charge in [0.05, 0.1) is 12.7 Å². The van der Waals surface area contributed by atoms with Crippen LogP contribution < -0.4 is 5.73 Å². The summed E-state index contributed by atoms with van der Waals surface area (Å²) in [6.07, 6.45) is 6.91. The fraction of sp³-hybridized carbons (Fsp3) is 1.00. The zero-order valence-electron chi connectivity index (χ0n) is 12.6. The van der Waals surface area contributed by atoms with E-state index < -0.39 is 0 Å². The molecule has 110 valence electrons. The second kappa shape index (κ2) is 5.71. The van der Waals surface area contributed by atoms with Crippen LogP contribution in [0.2, 0.25) is 0 Å². The number of nitrogens with two attached hydrogens (primary N) is 1. The van der Waals surface area contributed by atoms with E-state index in [4.69, 9.17) is 10.5 Å². The van der Waals surface area contributed by atoms with Crippen LogP contribution in [-0.2, 0) is 4.74 Å².